The molecule has 2 rings (SSSR count). The third-order valence-electron chi connectivity index (χ3n) is 2.80. The van der Waals surface area contributed by atoms with Gasteiger partial charge in [0.15, 0.2) is 0 Å². The van der Waals surface area contributed by atoms with Gasteiger partial charge in [0.2, 0.25) is 5.88 Å². The molecule has 1 aromatic heterocycles. The molecule has 1 aliphatic rings. The molecular formula is C9H12F3N3O3S. The lowest BCUT2D eigenvalue weighted by atomic mass is 10.1. The molecule has 108 valence electrons. The van der Waals surface area contributed by atoms with Gasteiger partial charge < -0.3 is 9.08 Å². The summed E-state index contributed by atoms with van der Waals surface area (Å²) < 4.78 is 64.2. The second kappa shape index (κ2) is 4.37. The molecule has 0 atom stereocenters. The van der Waals surface area contributed by atoms with Crippen molar-refractivity contribution in [2.24, 2.45) is 7.05 Å². The number of rotatable bonds is 2. The highest BCUT2D eigenvalue weighted by Crippen LogP contribution is 2.32. The Morgan fingerprint density at radius 1 is 1.32 bits per heavy atom. The van der Waals surface area contributed by atoms with E-state index in [1.807, 2.05) is 4.90 Å². The number of alkyl halides is 3. The van der Waals surface area contributed by atoms with E-state index in [0.717, 1.165) is 4.68 Å². The number of hydrogen-bond acceptors (Lipinski definition) is 5. The first kappa shape index (κ1) is 14.1. The van der Waals surface area contributed by atoms with Crippen LogP contribution in [-0.4, -0.2) is 42.2 Å². The highest BCUT2D eigenvalue weighted by atomic mass is 32.2. The van der Waals surface area contributed by atoms with Crippen LogP contribution in [0.1, 0.15) is 11.3 Å². The molecule has 0 fully saturated rings. The van der Waals surface area contributed by atoms with Crippen LogP contribution in [-0.2, 0) is 30.1 Å². The Hall–Kier alpha value is -1.29. The Bertz CT molecular complexity index is 594. The molecule has 0 saturated carbocycles. The summed E-state index contributed by atoms with van der Waals surface area (Å²) in [5.41, 5.74) is -4.51. The summed E-state index contributed by atoms with van der Waals surface area (Å²) in [5.74, 6) is -0.376. The summed E-state index contributed by atoms with van der Waals surface area (Å²) in [7, 11) is -2.55. The van der Waals surface area contributed by atoms with Crippen molar-refractivity contribution in [3.63, 3.8) is 0 Å². The van der Waals surface area contributed by atoms with Crippen LogP contribution in [0.5, 0.6) is 5.88 Å². The van der Waals surface area contributed by atoms with Gasteiger partial charge in [-0.05, 0) is 7.05 Å². The van der Waals surface area contributed by atoms with Gasteiger partial charge >= 0.3 is 15.6 Å². The number of fused-ring (bicyclic) bond motifs is 1. The standard InChI is InChI=1S/C9H12F3N3O3S/c1-14-4-3-7-6(5-14)8(15(2)13-7)18-19(16,17)9(10,11)12/h3-5H2,1-2H3. The van der Waals surface area contributed by atoms with Crippen molar-refractivity contribution < 1.29 is 25.8 Å². The van der Waals surface area contributed by atoms with E-state index in [4.69, 9.17) is 0 Å². The molecule has 19 heavy (non-hydrogen) atoms. The second-order valence-corrected chi connectivity index (χ2v) is 5.86. The molecule has 10 heteroatoms. The van der Waals surface area contributed by atoms with Gasteiger partial charge in [-0.3, -0.25) is 0 Å². The number of aromatic nitrogens is 2. The summed E-state index contributed by atoms with van der Waals surface area (Å²) >= 11 is 0. The molecule has 1 aromatic rings. The van der Waals surface area contributed by atoms with Gasteiger partial charge in [0.25, 0.3) is 0 Å². The van der Waals surface area contributed by atoms with Crippen molar-refractivity contribution in [3.05, 3.63) is 11.3 Å². The van der Waals surface area contributed by atoms with Gasteiger partial charge in [-0.25, -0.2) is 4.68 Å². The summed E-state index contributed by atoms with van der Waals surface area (Å²) in [5, 5.41) is 3.99. The van der Waals surface area contributed by atoms with Crippen molar-refractivity contribution in [3.8, 4) is 5.88 Å². The number of likely N-dealkylation sites (N-methyl/N-ethyl adjacent to an activating group) is 1. The Balaban J connectivity index is 2.40. The largest absolute Gasteiger partial charge is 0.534 e. The number of nitrogens with zero attached hydrogens (tertiary/aromatic N) is 3. The van der Waals surface area contributed by atoms with Crippen molar-refractivity contribution in [2.75, 3.05) is 13.6 Å². The lowest BCUT2D eigenvalue weighted by Crippen LogP contribution is -2.30. The van der Waals surface area contributed by atoms with Crippen LogP contribution >= 0.6 is 0 Å². The maximum Gasteiger partial charge on any atom is 0.534 e. The molecular weight excluding hydrogens is 287 g/mol. The predicted molar refractivity (Wildman–Crippen MR) is 58.8 cm³/mol. The summed E-state index contributed by atoms with van der Waals surface area (Å²) in [6.45, 7) is 1.00. The maximum atomic E-state index is 12.3. The fraction of sp³-hybridized carbons (Fsp3) is 0.667. The quantitative estimate of drug-likeness (QED) is 0.592. The maximum absolute atomic E-state index is 12.3. The van der Waals surface area contributed by atoms with E-state index in [9.17, 15) is 21.6 Å². The number of halogens is 3. The summed E-state index contributed by atoms with van der Waals surface area (Å²) in [4.78, 5) is 1.84. The third kappa shape index (κ3) is 2.54. The second-order valence-electron chi connectivity index (χ2n) is 4.32. The van der Waals surface area contributed by atoms with Crippen molar-refractivity contribution in [2.45, 2.75) is 18.5 Å². The summed E-state index contributed by atoms with van der Waals surface area (Å²) in [6.07, 6.45) is 0.537. The predicted octanol–water partition coefficient (Wildman–Crippen LogP) is 0.636. The van der Waals surface area contributed by atoms with Gasteiger partial charge in [-0.1, -0.05) is 0 Å². The van der Waals surface area contributed by atoms with Gasteiger partial charge in [-0.2, -0.15) is 26.7 Å². The zero-order chi connectivity index (χ0) is 14.4. The van der Waals surface area contributed by atoms with Crippen LogP contribution in [0.15, 0.2) is 0 Å². The number of hydrogen-bond donors (Lipinski definition) is 0. The Morgan fingerprint density at radius 3 is 2.53 bits per heavy atom. The monoisotopic (exact) mass is 299 g/mol. The minimum absolute atomic E-state index is 0.298. The van der Waals surface area contributed by atoms with E-state index in [2.05, 4.69) is 9.28 Å². The Morgan fingerprint density at radius 2 is 1.95 bits per heavy atom. The smallest absolute Gasteiger partial charge is 0.355 e. The summed E-state index contributed by atoms with van der Waals surface area (Å²) in [6, 6.07) is 0. The molecule has 0 saturated heterocycles. The van der Waals surface area contributed by atoms with Crippen LogP contribution < -0.4 is 4.18 Å². The molecule has 0 unspecified atom stereocenters. The van der Waals surface area contributed by atoms with Crippen LogP contribution in [0, 0.1) is 0 Å². The van der Waals surface area contributed by atoms with Crippen LogP contribution in [0.25, 0.3) is 0 Å². The topological polar surface area (TPSA) is 64.4 Å². The molecule has 2 heterocycles. The van der Waals surface area contributed by atoms with Gasteiger partial charge in [0, 0.05) is 26.6 Å². The van der Waals surface area contributed by atoms with E-state index < -0.39 is 15.6 Å². The minimum Gasteiger partial charge on any atom is -0.355 e. The van der Waals surface area contributed by atoms with Crippen molar-refractivity contribution in [1.29, 1.82) is 0 Å². The fourth-order valence-electron chi connectivity index (χ4n) is 1.87. The third-order valence-corrected chi connectivity index (χ3v) is 3.75. The van der Waals surface area contributed by atoms with Crippen LogP contribution in [0.2, 0.25) is 0 Å². The van der Waals surface area contributed by atoms with Gasteiger partial charge in [0.1, 0.15) is 0 Å². The van der Waals surface area contributed by atoms with Gasteiger partial charge in [-0.15, -0.1) is 0 Å². The molecule has 0 amide bonds. The zero-order valence-electron chi connectivity index (χ0n) is 10.2. The first-order chi connectivity index (χ1) is 8.62. The molecule has 0 N–H and O–H groups in total. The highest BCUT2D eigenvalue weighted by Gasteiger charge is 2.49. The highest BCUT2D eigenvalue weighted by molar-refractivity contribution is 7.87. The van der Waals surface area contributed by atoms with E-state index in [1.165, 1.54) is 7.05 Å². The Kier molecular flexibility index (Phi) is 3.25. The fourth-order valence-corrected chi connectivity index (χ4v) is 2.38. The zero-order valence-corrected chi connectivity index (χ0v) is 11.0. The molecule has 6 nitrogen and oxygen atoms in total. The molecule has 1 aliphatic heterocycles. The van der Waals surface area contributed by atoms with Crippen molar-refractivity contribution in [1.82, 2.24) is 14.7 Å². The van der Waals surface area contributed by atoms with E-state index in [-0.39, 0.29) is 5.88 Å². The van der Waals surface area contributed by atoms with Crippen LogP contribution in [0.3, 0.4) is 0 Å². The molecule has 0 radical (unpaired) electrons. The first-order valence-electron chi connectivity index (χ1n) is 5.36. The SMILES string of the molecule is CN1CCc2nn(C)c(OS(=O)(=O)C(F)(F)F)c2C1. The van der Waals surface area contributed by atoms with E-state index >= 15 is 0 Å². The normalized spacial score (nSPS) is 17.3. The van der Waals surface area contributed by atoms with E-state index in [1.54, 1.807) is 7.05 Å². The number of aryl methyl sites for hydroxylation is 1. The average molecular weight is 299 g/mol. The molecule has 0 bridgehead atoms. The first-order valence-corrected chi connectivity index (χ1v) is 6.76. The van der Waals surface area contributed by atoms with Crippen LogP contribution in [0.4, 0.5) is 13.2 Å². The van der Waals surface area contributed by atoms with E-state index in [0.29, 0.717) is 30.8 Å². The van der Waals surface area contributed by atoms with Gasteiger partial charge in [0.05, 0.1) is 11.3 Å². The lowest BCUT2D eigenvalue weighted by molar-refractivity contribution is -0.0502. The molecule has 0 aliphatic carbocycles. The van der Waals surface area contributed by atoms with Crippen molar-refractivity contribution >= 4 is 10.1 Å². The molecule has 0 aromatic carbocycles. The Labute approximate surface area is 107 Å². The average Bonchev–Trinajstić information content (AvgIpc) is 2.54. The molecule has 0 spiro atoms. The minimum atomic E-state index is -5.67. The lowest BCUT2D eigenvalue weighted by Gasteiger charge is -2.21.